The number of aryl methyl sites for hydroxylation is 2. The Kier molecular flexibility index (Phi) is 2.18. The first-order chi connectivity index (χ1) is 8.41. The molecule has 0 saturated heterocycles. The molecule has 0 atom stereocenters. The van der Waals surface area contributed by atoms with E-state index in [0.717, 1.165) is 27.9 Å². The second-order valence-corrected chi connectivity index (χ2v) is 4.29. The van der Waals surface area contributed by atoms with Crippen LogP contribution in [0.2, 0.25) is 0 Å². The molecule has 2 rings (SSSR count). The van der Waals surface area contributed by atoms with E-state index in [-0.39, 0.29) is 0 Å². The van der Waals surface area contributed by atoms with Crippen LogP contribution >= 0.6 is 0 Å². The molecule has 0 fully saturated rings. The minimum atomic E-state index is 0.514. The van der Waals surface area contributed by atoms with Gasteiger partial charge in [-0.3, -0.25) is 0 Å². The zero-order valence-electron chi connectivity index (χ0n) is 12.3. The third-order valence-electron chi connectivity index (χ3n) is 2.76. The van der Waals surface area contributed by atoms with Gasteiger partial charge in [-0.2, -0.15) is 0 Å². The van der Waals surface area contributed by atoms with Crippen molar-refractivity contribution in [3.63, 3.8) is 0 Å². The van der Waals surface area contributed by atoms with Gasteiger partial charge in [0.15, 0.2) is 6.17 Å². The summed E-state index contributed by atoms with van der Waals surface area (Å²) < 4.78 is 17.9. The Labute approximate surface area is 100 Å². The maximum absolute atomic E-state index is 8.03. The van der Waals surface area contributed by atoms with Gasteiger partial charge in [-0.25, -0.2) is 4.57 Å². The summed E-state index contributed by atoms with van der Waals surface area (Å²) in [6, 6.07) is 8.49. The minimum Gasteiger partial charge on any atom is -0.201 e. The van der Waals surface area contributed by atoms with Gasteiger partial charge in [0.25, 0.3) is 0 Å². The average Bonchev–Trinajstić information content (AvgIpc) is 2.31. The largest absolute Gasteiger partial charge is 0.212 e. The van der Waals surface area contributed by atoms with Crippen LogP contribution in [0.25, 0.3) is 11.3 Å². The van der Waals surface area contributed by atoms with E-state index in [1.807, 2.05) is 50.6 Å². The van der Waals surface area contributed by atoms with Crippen LogP contribution in [0.5, 0.6) is 0 Å². The summed E-state index contributed by atoms with van der Waals surface area (Å²) in [7, 11) is 1.90. The number of pyridine rings is 1. The predicted octanol–water partition coefficient (Wildman–Crippen LogP) is 3.10. The van der Waals surface area contributed by atoms with E-state index in [1.165, 1.54) is 0 Å². The van der Waals surface area contributed by atoms with E-state index in [2.05, 4.69) is 6.07 Å². The van der Waals surface area contributed by atoms with Gasteiger partial charge in [-0.15, -0.1) is 0 Å². The van der Waals surface area contributed by atoms with Gasteiger partial charge in [0, 0.05) is 17.2 Å². The van der Waals surface area contributed by atoms with Crippen LogP contribution < -0.4 is 4.57 Å². The molecule has 0 aliphatic heterocycles. The van der Waals surface area contributed by atoms with Gasteiger partial charge in [-0.1, -0.05) is 17.7 Å². The normalized spacial score (nSPS) is 12.2. The minimum absolute atomic E-state index is 0.514. The molecule has 0 amide bonds. The molecule has 0 unspecified atom stereocenters. The van der Waals surface area contributed by atoms with Crippen molar-refractivity contribution < 1.29 is 7.31 Å². The molecule has 1 heteroatoms. The zero-order valence-corrected chi connectivity index (χ0v) is 10.3. The van der Waals surface area contributed by atoms with Crippen molar-refractivity contribution in [3.8, 4) is 11.3 Å². The number of benzene rings is 1. The molecule has 0 spiro atoms. The standard InChI is InChI=1S/C15H18N/c1-11-5-7-13(3)14(9-11)15-8-6-12(2)10-16(15)4/h5-10H,1-4H3/q+1/i7D,10D. The van der Waals surface area contributed by atoms with Crippen molar-refractivity contribution in [1.82, 2.24) is 0 Å². The molecule has 0 N–H and O–H groups in total. The SMILES string of the molecule is [2H]c1cc(C)cc(-c2ccc(C)c([2H])[n+]2C)c1C. The average molecular weight is 214 g/mol. The molecule has 0 aliphatic rings. The van der Waals surface area contributed by atoms with Crippen molar-refractivity contribution in [2.24, 2.45) is 7.05 Å². The highest BCUT2D eigenvalue weighted by Gasteiger charge is 2.11. The van der Waals surface area contributed by atoms with Gasteiger partial charge < -0.3 is 0 Å². The molecule has 1 aromatic heterocycles. The Hall–Kier alpha value is -1.63. The first-order valence-corrected chi connectivity index (χ1v) is 5.46. The first-order valence-electron chi connectivity index (χ1n) is 6.46. The summed E-state index contributed by atoms with van der Waals surface area (Å²) in [5.41, 5.74) is 5.01. The summed E-state index contributed by atoms with van der Waals surface area (Å²) in [5, 5.41) is 0. The Bertz CT molecular complexity index is 618. The lowest BCUT2D eigenvalue weighted by Crippen LogP contribution is -2.31. The van der Waals surface area contributed by atoms with Gasteiger partial charge in [0.05, 0.1) is 1.37 Å². The third kappa shape index (κ3) is 1.99. The summed E-state index contributed by atoms with van der Waals surface area (Å²) in [4.78, 5) is 0. The Balaban J connectivity index is 2.74. The van der Waals surface area contributed by atoms with Crippen LogP contribution in [-0.4, -0.2) is 0 Å². The van der Waals surface area contributed by atoms with E-state index in [4.69, 9.17) is 2.74 Å². The van der Waals surface area contributed by atoms with Crippen LogP contribution in [0.15, 0.2) is 36.5 Å². The first kappa shape index (κ1) is 8.51. The lowest BCUT2D eigenvalue weighted by Gasteiger charge is -2.05. The fraction of sp³-hybridized carbons (Fsp3) is 0.267. The van der Waals surface area contributed by atoms with Gasteiger partial charge in [-0.05, 0) is 38.5 Å². The third-order valence-corrected chi connectivity index (χ3v) is 2.76. The predicted molar refractivity (Wildman–Crippen MR) is 67.3 cm³/mol. The van der Waals surface area contributed by atoms with Crippen LogP contribution in [0.1, 0.15) is 19.4 Å². The molecule has 16 heavy (non-hydrogen) atoms. The second kappa shape index (κ2) is 4.09. The Morgan fingerprint density at radius 3 is 2.56 bits per heavy atom. The van der Waals surface area contributed by atoms with E-state index < -0.39 is 0 Å². The van der Waals surface area contributed by atoms with Crippen LogP contribution in [-0.2, 0) is 7.05 Å². The van der Waals surface area contributed by atoms with Crippen LogP contribution in [0.4, 0.5) is 0 Å². The molecular formula is C15H18N+. The molecule has 0 radical (unpaired) electrons. The number of nitrogens with zero attached hydrogens (tertiary/aromatic N) is 1. The Morgan fingerprint density at radius 1 is 1.06 bits per heavy atom. The van der Waals surface area contributed by atoms with Crippen LogP contribution in [0, 0.1) is 20.8 Å². The number of hydrogen-bond donors (Lipinski definition) is 0. The van der Waals surface area contributed by atoms with Gasteiger partial charge in [0.2, 0.25) is 5.69 Å². The highest BCUT2D eigenvalue weighted by atomic mass is 14.9. The molecular weight excluding hydrogens is 194 g/mol. The topological polar surface area (TPSA) is 3.88 Å². The van der Waals surface area contributed by atoms with Crippen molar-refractivity contribution in [3.05, 3.63) is 53.2 Å². The molecule has 1 aromatic carbocycles. The maximum atomic E-state index is 8.03. The van der Waals surface area contributed by atoms with Crippen LogP contribution in [0.3, 0.4) is 0 Å². The molecule has 0 saturated carbocycles. The lowest BCUT2D eigenvalue weighted by atomic mass is 10.0. The fourth-order valence-corrected chi connectivity index (χ4v) is 1.89. The molecule has 0 bridgehead atoms. The van der Waals surface area contributed by atoms with E-state index >= 15 is 0 Å². The van der Waals surface area contributed by atoms with Crippen molar-refractivity contribution in [1.29, 1.82) is 0 Å². The molecule has 1 heterocycles. The summed E-state index contributed by atoms with van der Waals surface area (Å²) in [6.45, 7) is 5.89. The maximum Gasteiger partial charge on any atom is 0.212 e. The summed E-state index contributed by atoms with van der Waals surface area (Å²) in [6.07, 6.45) is 0.514. The second-order valence-electron chi connectivity index (χ2n) is 4.29. The molecule has 1 nitrogen and oxygen atoms in total. The van der Waals surface area contributed by atoms with E-state index in [9.17, 15) is 0 Å². The van der Waals surface area contributed by atoms with E-state index in [1.54, 1.807) is 0 Å². The molecule has 82 valence electrons. The smallest absolute Gasteiger partial charge is 0.201 e. The van der Waals surface area contributed by atoms with Gasteiger partial charge in [0.1, 0.15) is 8.42 Å². The van der Waals surface area contributed by atoms with Crippen molar-refractivity contribution in [2.75, 3.05) is 0 Å². The van der Waals surface area contributed by atoms with Crippen molar-refractivity contribution in [2.45, 2.75) is 20.8 Å². The lowest BCUT2D eigenvalue weighted by molar-refractivity contribution is -0.660. The van der Waals surface area contributed by atoms with Crippen molar-refractivity contribution >= 4 is 0 Å². The Morgan fingerprint density at radius 2 is 1.81 bits per heavy atom. The molecule has 2 aromatic rings. The number of rotatable bonds is 1. The highest BCUT2D eigenvalue weighted by molar-refractivity contribution is 5.61. The quantitative estimate of drug-likeness (QED) is 0.642. The number of aromatic nitrogens is 1. The van der Waals surface area contributed by atoms with Gasteiger partial charge >= 0.3 is 0 Å². The zero-order chi connectivity index (χ0) is 13.4. The number of hydrogen-bond acceptors (Lipinski definition) is 0. The highest BCUT2D eigenvalue weighted by Crippen LogP contribution is 2.21. The van der Waals surface area contributed by atoms with E-state index in [0.29, 0.717) is 12.2 Å². The summed E-state index contributed by atoms with van der Waals surface area (Å²) in [5.74, 6) is 0. The molecule has 0 aliphatic carbocycles. The summed E-state index contributed by atoms with van der Waals surface area (Å²) >= 11 is 0. The monoisotopic (exact) mass is 214 g/mol. The fourth-order valence-electron chi connectivity index (χ4n) is 1.89.